The molecule has 3 nitrogen and oxygen atoms in total. The molecule has 0 fully saturated rings. The van der Waals surface area contributed by atoms with Crippen LogP contribution in [0.4, 0.5) is 0 Å². The average Bonchev–Trinajstić information content (AvgIpc) is 2.11. The standard InChI is InChI=1S/C8H19NO2S2/c1-2-13(10,11)9-7-5-3-4-6-8-12/h9,12H,2-8H2,1H3. The van der Waals surface area contributed by atoms with Crippen LogP contribution in [0.1, 0.15) is 32.6 Å². The Morgan fingerprint density at radius 2 is 1.77 bits per heavy atom. The highest BCUT2D eigenvalue weighted by Gasteiger charge is 2.03. The van der Waals surface area contributed by atoms with Gasteiger partial charge in [0.15, 0.2) is 0 Å². The van der Waals surface area contributed by atoms with Crippen LogP contribution in [-0.4, -0.2) is 26.5 Å². The summed E-state index contributed by atoms with van der Waals surface area (Å²) in [6, 6.07) is 0. The Balaban J connectivity index is 3.26. The second-order valence-corrected chi connectivity index (χ2v) is 5.48. The van der Waals surface area contributed by atoms with Crippen molar-refractivity contribution in [3.05, 3.63) is 0 Å². The lowest BCUT2D eigenvalue weighted by Gasteiger charge is -2.03. The fourth-order valence-electron chi connectivity index (χ4n) is 0.920. The van der Waals surface area contributed by atoms with Gasteiger partial charge >= 0.3 is 0 Å². The molecule has 0 aliphatic rings. The molecule has 0 atom stereocenters. The fourth-order valence-corrected chi connectivity index (χ4v) is 1.80. The van der Waals surface area contributed by atoms with Crippen molar-refractivity contribution in [3.8, 4) is 0 Å². The average molecular weight is 225 g/mol. The summed E-state index contributed by atoms with van der Waals surface area (Å²) in [5, 5.41) is 0. The lowest BCUT2D eigenvalue weighted by atomic mass is 10.2. The Morgan fingerprint density at radius 1 is 1.15 bits per heavy atom. The maximum atomic E-state index is 11.0. The van der Waals surface area contributed by atoms with Crippen molar-refractivity contribution in [3.63, 3.8) is 0 Å². The summed E-state index contributed by atoms with van der Waals surface area (Å²) in [6.45, 7) is 2.21. The topological polar surface area (TPSA) is 46.2 Å². The van der Waals surface area contributed by atoms with E-state index in [1.165, 1.54) is 0 Å². The first-order chi connectivity index (χ1) is 6.12. The highest BCUT2D eigenvalue weighted by molar-refractivity contribution is 7.89. The van der Waals surface area contributed by atoms with Crippen molar-refractivity contribution in [1.29, 1.82) is 0 Å². The maximum Gasteiger partial charge on any atom is 0.211 e. The molecule has 0 saturated heterocycles. The van der Waals surface area contributed by atoms with E-state index in [4.69, 9.17) is 0 Å². The van der Waals surface area contributed by atoms with Crippen molar-refractivity contribution in [2.24, 2.45) is 0 Å². The first-order valence-corrected chi connectivity index (χ1v) is 6.99. The maximum absolute atomic E-state index is 11.0. The van der Waals surface area contributed by atoms with E-state index in [1.54, 1.807) is 6.92 Å². The molecule has 1 N–H and O–H groups in total. The molecule has 0 aromatic carbocycles. The zero-order valence-electron chi connectivity index (χ0n) is 8.12. The molecule has 0 bridgehead atoms. The summed E-state index contributed by atoms with van der Waals surface area (Å²) < 4.78 is 24.5. The molecule has 0 aliphatic carbocycles. The third kappa shape index (κ3) is 8.59. The second kappa shape index (κ2) is 7.64. The molecule has 0 spiro atoms. The van der Waals surface area contributed by atoms with Crippen LogP contribution in [0, 0.1) is 0 Å². The summed E-state index contributed by atoms with van der Waals surface area (Å²) in [7, 11) is -2.98. The van der Waals surface area contributed by atoms with E-state index >= 15 is 0 Å². The molecule has 0 rings (SSSR count). The van der Waals surface area contributed by atoms with Crippen LogP contribution in [0.3, 0.4) is 0 Å². The molecule has 0 unspecified atom stereocenters. The first-order valence-electron chi connectivity index (χ1n) is 4.70. The van der Waals surface area contributed by atoms with Gasteiger partial charge in [-0.1, -0.05) is 12.8 Å². The Hall–Kier alpha value is 0.260. The van der Waals surface area contributed by atoms with Crippen LogP contribution >= 0.6 is 12.6 Å². The Morgan fingerprint density at radius 3 is 2.31 bits per heavy atom. The molecule has 0 heterocycles. The highest BCUT2D eigenvalue weighted by Crippen LogP contribution is 2.00. The number of hydrogen-bond donors (Lipinski definition) is 2. The molecular weight excluding hydrogens is 206 g/mol. The first kappa shape index (κ1) is 13.3. The summed E-state index contributed by atoms with van der Waals surface area (Å²) in [5.41, 5.74) is 0. The zero-order valence-corrected chi connectivity index (χ0v) is 9.83. The molecule has 80 valence electrons. The molecule has 0 saturated carbocycles. The summed E-state index contributed by atoms with van der Waals surface area (Å²) in [5.74, 6) is 1.09. The number of hydrogen-bond acceptors (Lipinski definition) is 3. The number of unbranched alkanes of at least 4 members (excludes halogenated alkanes) is 3. The van der Waals surface area contributed by atoms with E-state index in [9.17, 15) is 8.42 Å². The molecule has 5 heteroatoms. The van der Waals surface area contributed by atoms with Gasteiger partial charge < -0.3 is 0 Å². The molecule has 0 radical (unpaired) electrons. The van der Waals surface area contributed by atoms with E-state index in [1.807, 2.05) is 0 Å². The van der Waals surface area contributed by atoms with Crippen molar-refractivity contribution in [2.45, 2.75) is 32.6 Å². The lowest BCUT2D eigenvalue weighted by Crippen LogP contribution is -2.26. The normalized spacial score (nSPS) is 11.8. The van der Waals surface area contributed by atoms with Crippen molar-refractivity contribution >= 4 is 22.7 Å². The zero-order chi connectivity index (χ0) is 10.2. The van der Waals surface area contributed by atoms with E-state index < -0.39 is 10.0 Å². The molecule has 0 amide bonds. The Kier molecular flexibility index (Phi) is 7.80. The molecule has 13 heavy (non-hydrogen) atoms. The van der Waals surface area contributed by atoms with Gasteiger partial charge in [0.05, 0.1) is 5.75 Å². The number of rotatable bonds is 8. The molecule has 0 aromatic rings. The predicted octanol–water partition coefficient (Wildman–Crippen LogP) is 1.42. The summed E-state index contributed by atoms with van der Waals surface area (Å²) in [6.07, 6.45) is 4.25. The summed E-state index contributed by atoms with van der Waals surface area (Å²) in [4.78, 5) is 0. The minimum absolute atomic E-state index is 0.170. The Labute approximate surface area is 86.8 Å². The van der Waals surface area contributed by atoms with Gasteiger partial charge in [0.1, 0.15) is 0 Å². The largest absolute Gasteiger partial charge is 0.215 e. The number of thiol groups is 1. The Bertz CT molecular complexity index is 202. The van der Waals surface area contributed by atoms with E-state index in [0.717, 1.165) is 31.4 Å². The van der Waals surface area contributed by atoms with Crippen LogP contribution in [0.15, 0.2) is 0 Å². The second-order valence-electron chi connectivity index (χ2n) is 2.94. The number of nitrogens with one attached hydrogen (secondary N) is 1. The van der Waals surface area contributed by atoms with Gasteiger partial charge in [0.2, 0.25) is 10.0 Å². The van der Waals surface area contributed by atoms with Gasteiger partial charge in [0, 0.05) is 6.54 Å². The SMILES string of the molecule is CCS(=O)(=O)NCCCCCCS. The van der Waals surface area contributed by atoms with E-state index in [0.29, 0.717) is 6.54 Å². The van der Waals surface area contributed by atoms with Crippen LogP contribution in [0.25, 0.3) is 0 Å². The molecule has 0 aliphatic heterocycles. The number of sulfonamides is 1. The third-order valence-electron chi connectivity index (χ3n) is 1.79. The minimum atomic E-state index is -2.98. The quantitative estimate of drug-likeness (QED) is 0.485. The van der Waals surface area contributed by atoms with Gasteiger partial charge in [-0.2, -0.15) is 12.6 Å². The van der Waals surface area contributed by atoms with E-state index in [2.05, 4.69) is 17.4 Å². The third-order valence-corrected chi connectivity index (χ3v) is 3.51. The van der Waals surface area contributed by atoms with Crippen molar-refractivity contribution < 1.29 is 8.42 Å². The van der Waals surface area contributed by atoms with Crippen LogP contribution < -0.4 is 4.72 Å². The minimum Gasteiger partial charge on any atom is -0.215 e. The van der Waals surface area contributed by atoms with Crippen LogP contribution in [0.5, 0.6) is 0 Å². The van der Waals surface area contributed by atoms with Gasteiger partial charge in [-0.15, -0.1) is 0 Å². The predicted molar refractivity (Wildman–Crippen MR) is 59.8 cm³/mol. The van der Waals surface area contributed by atoms with Crippen molar-refractivity contribution in [2.75, 3.05) is 18.1 Å². The fraction of sp³-hybridized carbons (Fsp3) is 1.00. The lowest BCUT2D eigenvalue weighted by molar-refractivity contribution is 0.575. The van der Waals surface area contributed by atoms with Gasteiger partial charge in [0.25, 0.3) is 0 Å². The van der Waals surface area contributed by atoms with Gasteiger partial charge in [-0.05, 0) is 25.5 Å². The van der Waals surface area contributed by atoms with Gasteiger partial charge in [-0.25, -0.2) is 13.1 Å². The van der Waals surface area contributed by atoms with Crippen molar-refractivity contribution in [1.82, 2.24) is 4.72 Å². The highest BCUT2D eigenvalue weighted by atomic mass is 32.2. The van der Waals surface area contributed by atoms with Gasteiger partial charge in [-0.3, -0.25) is 0 Å². The van der Waals surface area contributed by atoms with Crippen LogP contribution in [-0.2, 0) is 10.0 Å². The monoisotopic (exact) mass is 225 g/mol. The smallest absolute Gasteiger partial charge is 0.211 e. The van der Waals surface area contributed by atoms with E-state index in [-0.39, 0.29) is 5.75 Å². The summed E-state index contributed by atoms with van der Waals surface area (Å²) >= 11 is 4.10. The molecule has 0 aromatic heterocycles. The van der Waals surface area contributed by atoms with Crippen LogP contribution in [0.2, 0.25) is 0 Å². The molecular formula is C8H19NO2S2.